The van der Waals surface area contributed by atoms with Gasteiger partial charge in [0.25, 0.3) is 0 Å². The van der Waals surface area contributed by atoms with Crippen LogP contribution in [0.5, 0.6) is 0 Å². The van der Waals surface area contributed by atoms with Gasteiger partial charge in [0, 0.05) is 23.6 Å². The molecule has 0 heterocycles. The quantitative estimate of drug-likeness (QED) is 0.485. The van der Waals surface area contributed by atoms with E-state index in [4.69, 9.17) is 34.8 Å². The number of nitrogens with zero attached hydrogens (tertiary/aromatic N) is 2. The fraction of sp³-hybridized carbons (Fsp3) is 0.235. The first-order chi connectivity index (χ1) is 10.5. The average Bonchev–Trinajstić information content (AvgIpc) is 2.51. The number of aliphatic imine (C=N–C) groups is 1. The predicted octanol–water partition coefficient (Wildman–Crippen LogP) is 5.85. The van der Waals surface area contributed by atoms with Crippen molar-refractivity contribution >= 4 is 46.8 Å². The van der Waals surface area contributed by atoms with Crippen molar-refractivity contribution < 1.29 is 0 Å². The lowest BCUT2D eigenvalue weighted by Crippen LogP contribution is -2.14. The third-order valence-corrected chi connectivity index (χ3v) is 4.22. The summed E-state index contributed by atoms with van der Waals surface area (Å²) in [4.78, 5) is 6.33. The molecular formula is C17H17Cl3N2. The van der Waals surface area contributed by atoms with Crippen LogP contribution in [0.15, 0.2) is 41.4 Å². The van der Waals surface area contributed by atoms with Crippen LogP contribution in [0.3, 0.4) is 0 Å². The molecule has 0 bridgehead atoms. The maximum atomic E-state index is 6.36. The van der Waals surface area contributed by atoms with E-state index in [2.05, 4.69) is 11.9 Å². The standard InChI is InChI=1S/C17H17Cl3N2/c1-3-22(2)11-21-17-10-15(19)13(9-16(17)20)8-12-4-6-14(18)7-5-12/h4-7,9-11H,3,8H2,1-2H3/b21-11-. The van der Waals surface area contributed by atoms with Crippen molar-refractivity contribution in [2.24, 2.45) is 4.99 Å². The second-order valence-corrected chi connectivity index (χ2v) is 6.27. The monoisotopic (exact) mass is 354 g/mol. The maximum Gasteiger partial charge on any atom is 0.0910 e. The molecule has 0 radical (unpaired) electrons. The summed E-state index contributed by atoms with van der Waals surface area (Å²) in [7, 11) is 1.95. The van der Waals surface area contributed by atoms with Gasteiger partial charge in [0.2, 0.25) is 0 Å². The number of halogens is 3. The van der Waals surface area contributed by atoms with E-state index in [9.17, 15) is 0 Å². The highest BCUT2D eigenvalue weighted by molar-refractivity contribution is 6.35. The van der Waals surface area contributed by atoms with Gasteiger partial charge in [-0.3, -0.25) is 0 Å². The smallest absolute Gasteiger partial charge is 0.0910 e. The number of hydrogen-bond donors (Lipinski definition) is 0. The molecule has 2 aromatic rings. The molecular weight excluding hydrogens is 339 g/mol. The van der Waals surface area contributed by atoms with Gasteiger partial charge in [-0.25, -0.2) is 4.99 Å². The molecule has 5 heteroatoms. The Morgan fingerprint density at radius 2 is 1.73 bits per heavy atom. The van der Waals surface area contributed by atoms with E-state index in [1.807, 2.05) is 42.3 Å². The zero-order chi connectivity index (χ0) is 16.1. The molecule has 116 valence electrons. The van der Waals surface area contributed by atoms with Crippen molar-refractivity contribution in [3.05, 3.63) is 62.6 Å². The first-order valence-electron chi connectivity index (χ1n) is 6.96. The van der Waals surface area contributed by atoms with Gasteiger partial charge >= 0.3 is 0 Å². The highest BCUT2D eigenvalue weighted by Crippen LogP contribution is 2.32. The Kier molecular flexibility index (Phi) is 6.13. The minimum absolute atomic E-state index is 0.592. The third-order valence-electron chi connectivity index (χ3n) is 3.32. The lowest BCUT2D eigenvalue weighted by Gasteiger charge is -2.10. The van der Waals surface area contributed by atoms with Gasteiger partial charge in [-0.15, -0.1) is 0 Å². The summed E-state index contributed by atoms with van der Waals surface area (Å²) in [6.45, 7) is 2.93. The Morgan fingerprint density at radius 3 is 2.36 bits per heavy atom. The molecule has 2 rings (SSSR count). The van der Waals surface area contributed by atoms with Crippen LogP contribution in [0.25, 0.3) is 0 Å². The molecule has 22 heavy (non-hydrogen) atoms. The van der Waals surface area contributed by atoms with Crippen molar-refractivity contribution in [1.82, 2.24) is 4.90 Å². The summed E-state index contributed by atoms with van der Waals surface area (Å²) in [5.74, 6) is 0. The van der Waals surface area contributed by atoms with E-state index in [-0.39, 0.29) is 0 Å². The van der Waals surface area contributed by atoms with Crippen LogP contribution < -0.4 is 0 Å². The van der Waals surface area contributed by atoms with Gasteiger partial charge in [0.05, 0.1) is 17.0 Å². The lowest BCUT2D eigenvalue weighted by molar-refractivity contribution is 0.552. The van der Waals surface area contributed by atoms with Crippen molar-refractivity contribution in [2.45, 2.75) is 13.3 Å². The first kappa shape index (κ1) is 17.1. The van der Waals surface area contributed by atoms with Crippen LogP contribution in [0.4, 0.5) is 5.69 Å². The highest BCUT2D eigenvalue weighted by atomic mass is 35.5. The molecule has 0 aliphatic heterocycles. The summed E-state index contributed by atoms with van der Waals surface area (Å²) in [6.07, 6.45) is 2.45. The van der Waals surface area contributed by atoms with Gasteiger partial charge < -0.3 is 4.90 Å². The topological polar surface area (TPSA) is 15.6 Å². The Labute approximate surface area is 146 Å². The molecule has 0 amide bonds. The van der Waals surface area contributed by atoms with Gasteiger partial charge in [0.15, 0.2) is 0 Å². The molecule has 0 fully saturated rings. The van der Waals surface area contributed by atoms with E-state index in [0.717, 1.165) is 22.7 Å². The molecule has 0 spiro atoms. The zero-order valence-electron chi connectivity index (χ0n) is 12.5. The highest BCUT2D eigenvalue weighted by Gasteiger charge is 2.08. The Balaban J connectivity index is 2.22. The Bertz CT molecular complexity index is 666. The van der Waals surface area contributed by atoms with Crippen LogP contribution in [0.1, 0.15) is 18.1 Å². The molecule has 0 saturated carbocycles. The summed E-state index contributed by atoms with van der Waals surface area (Å²) >= 11 is 18.6. The molecule has 0 aliphatic carbocycles. The number of benzene rings is 2. The van der Waals surface area contributed by atoms with Crippen LogP contribution >= 0.6 is 34.8 Å². The second-order valence-electron chi connectivity index (χ2n) is 5.02. The van der Waals surface area contributed by atoms with Crippen LogP contribution in [0, 0.1) is 0 Å². The minimum atomic E-state index is 0.592. The van der Waals surface area contributed by atoms with Crippen molar-refractivity contribution in [3.8, 4) is 0 Å². The SMILES string of the molecule is CCN(C)/C=N\c1cc(Cl)c(Cc2ccc(Cl)cc2)cc1Cl. The number of hydrogen-bond acceptors (Lipinski definition) is 1. The average molecular weight is 356 g/mol. The second kappa shape index (κ2) is 7.87. The lowest BCUT2D eigenvalue weighted by atomic mass is 10.0. The molecule has 2 aromatic carbocycles. The fourth-order valence-corrected chi connectivity index (χ4v) is 2.46. The van der Waals surface area contributed by atoms with Gasteiger partial charge in [-0.2, -0.15) is 0 Å². The van der Waals surface area contributed by atoms with E-state index >= 15 is 0 Å². The Hall–Kier alpha value is -1.22. The summed E-state index contributed by atoms with van der Waals surface area (Å²) in [5, 5.41) is 1.97. The van der Waals surface area contributed by atoms with E-state index in [0.29, 0.717) is 22.2 Å². The van der Waals surface area contributed by atoms with Gasteiger partial charge in [-0.1, -0.05) is 46.9 Å². The van der Waals surface area contributed by atoms with Gasteiger partial charge in [-0.05, 0) is 48.7 Å². The molecule has 0 N–H and O–H groups in total. The van der Waals surface area contributed by atoms with E-state index in [1.165, 1.54) is 0 Å². The van der Waals surface area contributed by atoms with Crippen molar-refractivity contribution in [2.75, 3.05) is 13.6 Å². The minimum Gasteiger partial charge on any atom is -0.366 e. The van der Waals surface area contributed by atoms with Crippen LogP contribution in [-0.4, -0.2) is 24.8 Å². The molecule has 0 atom stereocenters. The van der Waals surface area contributed by atoms with Crippen molar-refractivity contribution in [3.63, 3.8) is 0 Å². The Morgan fingerprint density at radius 1 is 1.05 bits per heavy atom. The summed E-state index contributed by atoms with van der Waals surface area (Å²) in [5.41, 5.74) is 2.77. The zero-order valence-corrected chi connectivity index (χ0v) is 14.8. The predicted molar refractivity (Wildman–Crippen MR) is 97.2 cm³/mol. The number of rotatable bonds is 5. The molecule has 0 aromatic heterocycles. The van der Waals surface area contributed by atoms with E-state index in [1.54, 1.807) is 12.4 Å². The summed E-state index contributed by atoms with van der Waals surface area (Å²) < 4.78 is 0. The molecule has 0 unspecified atom stereocenters. The van der Waals surface area contributed by atoms with Crippen LogP contribution in [0.2, 0.25) is 15.1 Å². The fourth-order valence-electron chi connectivity index (χ4n) is 1.88. The summed E-state index contributed by atoms with van der Waals surface area (Å²) in [6, 6.07) is 11.4. The maximum absolute atomic E-state index is 6.36. The molecule has 0 saturated heterocycles. The van der Waals surface area contributed by atoms with Gasteiger partial charge in [0.1, 0.15) is 0 Å². The van der Waals surface area contributed by atoms with Crippen LogP contribution in [-0.2, 0) is 6.42 Å². The largest absolute Gasteiger partial charge is 0.366 e. The normalized spacial score (nSPS) is 11.1. The molecule has 2 nitrogen and oxygen atoms in total. The van der Waals surface area contributed by atoms with Crippen molar-refractivity contribution in [1.29, 1.82) is 0 Å². The first-order valence-corrected chi connectivity index (χ1v) is 8.09. The van der Waals surface area contributed by atoms with E-state index < -0.39 is 0 Å². The molecule has 0 aliphatic rings. The third kappa shape index (κ3) is 4.64.